The normalized spacial score (nSPS) is 15.3. The summed E-state index contributed by atoms with van der Waals surface area (Å²) in [5.74, 6) is -0.396. The second kappa shape index (κ2) is 8.55. The van der Waals surface area contributed by atoms with E-state index in [1.165, 1.54) is 18.2 Å². The molecule has 1 aromatic heterocycles. The number of H-pyrrole nitrogens is 1. The lowest BCUT2D eigenvalue weighted by atomic mass is 9.81. The summed E-state index contributed by atoms with van der Waals surface area (Å²) in [7, 11) is 1.59. The summed E-state index contributed by atoms with van der Waals surface area (Å²) in [6.07, 6.45) is 0.794. The Balaban J connectivity index is 1.52. The molecule has 2 N–H and O–H groups in total. The van der Waals surface area contributed by atoms with Crippen LogP contribution in [0.1, 0.15) is 49.9 Å². The van der Waals surface area contributed by atoms with Gasteiger partial charge in [-0.15, -0.1) is 0 Å². The van der Waals surface area contributed by atoms with E-state index in [2.05, 4.69) is 10.3 Å². The lowest BCUT2D eigenvalue weighted by molar-refractivity contribution is 0.0949. The van der Waals surface area contributed by atoms with Crippen LogP contribution >= 0.6 is 0 Å². The number of amides is 1. The standard InChI is InChI=1S/C24H21FN2O4/c1-31-18-8-4-15(5-9-18)16-10-21-19(22(28)11-16)12-20(24(30)27-21)23(29)26-13-14-2-6-17(25)7-3-14/h2-9,12,16H,10-11,13H2,1H3,(H,26,29)(H,27,30)/t16-/m0/s1. The van der Waals surface area contributed by atoms with Gasteiger partial charge in [0.15, 0.2) is 5.78 Å². The average molecular weight is 420 g/mol. The van der Waals surface area contributed by atoms with Crippen molar-refractivity contribution >= 4 is 11.7 Å². The first-order valence-electron chi connectivity index (χ1n) is 9.90. The number of rotatable bonds is 5. The molecule has 0 fully saturated rings. The van der Waals surface area contributed by atoms with Crippen molar-refractivity contribution in [3.63, 3.8) is 0 Å². The second-order valence-electron chi connectivity index (χ2n) is 7.52. The van der Waals surface area contributed by atoms with Crippen molar-refractivity contribution in [1.29, 1.82) is 0 Å². The van der Waals surface area contributed by atoms with Crippen LogP contribution in [0.5, 0.6) is 5.75 Å². The molecule has 1 amide bonds. The molecule has 0 unspecified atom stereocenters. The van der Waals surface area contributed by atoms with E-state index in [0.29, 0.717) is 29.7 Å². The summed E-state index contributed by atoms with van der Waals surface area (Å²) in [4.78, 5) is 40.5. The topological polar surface area (TPSA) is 88.3 Å². The number of aromatic amines is 1. The maximum Gasteiger partial charge on any atom is 0.261 e. The predicted molar refractivity (Wildman–Crippen MR) is 113 cm³/mol. The van der Waals surface area contributed by atoms with Crippen LogP contribution in [0.2, 0.25) is 0 Å². The Hall–Kier alpha value is -3.74. The van der Waals surface area contributed by atoms with Crippen LogP contribution in [-0.2, 0) is 13.0 Å². The van der Waals surface area contributed by atoms with E-state index in [9.17, 15) is 18.8 Å². The third kappa shape index (κ3) is 4.40. The number of halogens is 1. The molecule has 3 aromatic rings. The van der Waals surface area contributed by atoms with Crippen LogP contribution in [0, 0.1) is 5.82 Å². The number of methoxy groups -OCH3 is 1. The maximum absolute atomic E-state index is 13.0. The predicted octanol–water partition coefficient (Wildman–Crippen LogP) is 3.37. The zero-order valence-electron chi connectivity index (χ0n) is 16.9. The Morgan fingerprint density at radius 2 is 1.81 bits per heavy atom. The Kier molecular flexibility index (Phi) is 5.66. The molecular formula is C24H21FN2O4. The van der Waals surface area contributed by atoms with Crippen LogP contribution in [0.15, 0.2) is 59.4 Å². The van der Waals surface area contributed by atoms with E-state index in [1.54, 1.807) is 19.2 Å². The van der Waals surface area contributed by atoms with Gasteiger partial charge in [-0.05, 0) is 53.8 Å². The van der Waals surface area contributed by atoms with Gasteiger partial charge in [-0.25, -0.2) is 4.39 Å². The number of Topliss-reactive ketones (excluding diaryl/α,β-unsaturated/α-hetero) is 1. The van der Waals surface area contributed by atoms with Gasteiger partial charge in [-0.1, -0.05) is 24.3 Å². The maximum atomic E-state index is 13.0. The van der Waals surface area contributed by atoms with Crippen LogP contribution < -0.4 is 15.6 Å². The lowest BCUT2D eigenvalue weighted by Crippen LogP contribution is -2.32. The van der Waals surface area contributed by atoms with Crippen molar-refractivity contribution in [1.82, 2.24) is 10.3 Å². The number of carbonyl (C=O) groups excluding carboxylic acids is 2. The average Bonchev–Trinajstić information content (AvgIpc) is 2.78. The fourth-order valence-corrected chi connectivity index (χ4v) is 3.79. The molecule has 2 aromatic carbocycles. The molecule has 0 spiro atoms. The zero-order chi connectivity index (χ0) is 22.0. The van der Waals surface area contributed by atoms with Crippen LogP contribution in [0.25, 0.3) is 0 Å². The molecule has 0 saturated heterocycles. The lowest BCUT2D eigenvalue weighted by Gasteiger charge is -2.24. The summed E-state index contributed by atoms with van der Waals surface area (Å²) in [5, 5.41) is 2.64. The van der Waals surface area contributed by atoms with Gasteiger partial charge in [0.25, 0.3) is 11.5 Å². The molecule has 31 heavy (non-hydrogen) atoms. The van der Waals surface area contributed by atoms with Crippen molar-refractivity contribution in [2.24, 2.45) is 0 Å². The summed E-state index contributed by atoms with van der Waals surface area (Å²) in [5.41, 5.74) is 1.94. The van der Waals surface area contributed by atoms with Crippen molar-refractivity contribution in [3.05, 3.63) is 98.7 Å². The summed E-state index contributed by atoms with van der Waals surface area (Å²) in [6, 6.07) is 14.6. The minimum absolute atomic E-state index is 0.0558. The second-order valence-corrected chi connectivity index (χ2v) is 7.52. The summed E-state index contributed by atoms with van der Waals surface area (Å²) >= 11 is 0. The van der Waals surface area contributed by atoms with Crippen LogP contribution in [-0.4, -0.2) is 23.8 Å². The Labute approximate surface area is 178 Å². The number of aromatic nitrogens is 1. The Bertz CT molecular complexity index is 1180. The van der Waals surface area contributed by atoms with E-state index in [1.807, 2.05) is 24.3 Å². The van der Waals surface area contributed by atoms with Gasteiger partial charge in [0.1, 0.15) is 17.1 Å². The zero-order valence-corrected chi connectivity index (χ0v) is 16.9. The molecule has 0 bridgehead atoms. The monoisotopic (exact) mass is 420 g/mol. The fourth-order valence-electron chi connectivity index (χ4n) is 3.79. The molecule has 0 saturated carbocycles. The number of pyridine rings is 1. The first-order chi connectivity index (χ1) is 14.9. The van der Waals surface area contributed by atoms with Gasteiger partial charge in [0.05, 0.1) is 7.11 Å². The first-order valence-corrected chi connectivity index (χ1v) is 9.90. The van der Waals surface area contributed by atoms with Crippen molar-refractivity contribution in [3.8, 4) is 5.75 Å². The highest BCUT2D eigenvalue weighted by Gasteiger charge is 2.28. The van der Waals surface area contributed by atoms with Crippen LogP contribution in [0.3, 0.4) is 0 Å². The van der Waals surface area contributed by atoms with Crippen molar-refractivity contribution in [2.75, 3.05) is 7.11 Å². The van der Waals surface area contributed by atoms with E-state index in [-0.39, 0.29) is 29.6 Å². The molecule has 1 aliphatic carbocycles. The molecule has 158 valence electrons. The third-order valence-corrected chi connectivity index (χ3v) is 5.50. The highest BCUT2D eigenvalue weighted by atomic mass is 19.1. The number of ketones is 1. The fraction of sp³-hybridized carbons (Fsp3) is 0.208. The van der Waals surface area contributed by atoms with Crippen LogP contribution in [0.4, 0.5) is 4.39 Å². The molecule has 4 rings (SSSR count). The number of nitrogens with one attached hydrogen (secondary N) is 2. The molecule has 1 heterocycles. The van der Waals surface area contributed by atoms with E-state index in [4.69, 9.17) is 4.74 Å². The SMILES string of the molecule is COc1ccc([C@@H]2CC(=O)c3cc(C(=O)NCc4ccc(F)cc4)c(=O)[nH]c3C2)cc1. The van der Waals surface area contributed by atoms with E-state index in [0.717, 1.165) is 11.3 Å². The van der Waals surface area contributed by atoms with Gasteiger partial charge >= 0.3 is 0 Å². The third-order valence-electron chi connectivity index (χ3n) is 5.50. The Morgan fingerprint density at radius 1 is 1.10 bits per heavy atom. The highest BCUT2D eigenvalue weighted by molar-refractivity contribution is 6.02. The minimum atomic E-state index is -0.585. The smallest absolute Gasteiger partial charge is 0.261 e. The van der Waals surface area contributed by atoms with E-state index < -0.39 is 11.5 Å². The van der Waals surface area contributed by atoms with Crippen molar-refractivity contribution in [2.45, 2.75) is 25.3 Å². The Morgan fingerprint density at radius 3 is 2.48 bits per heavy atom. The highest BCUT2D eigenvalue weighted by Crippen LogP contribution is 2.32. The molecule has 0 aliphatic heterocycles. The van der Waals surface area contributed by atoms with Gasteiger partial charge in [-0.2, -0.15) is 0 Å². The number of ether oxygens (including phenoxy) is 1. The van der Waals surface area contributed by atoms with Crippen molar-refractivity contribution < 1.29 is 18.7 Å². The number of hydrogen-bond acceptors (Lipinski definition) is 4. The molecule has 1 atom stereocenters. The quantitative estimate of drug-likeness (QED) is 0.663. The molecule has 0 radical (unpaired) electrons. The molecular weight excluding hydrogens is 399 g/mol. The minimum Gasteiger partial charge on any atom is -0.497 e. The van der Waals surface area contributed by atoms with E-state index >= 15 is 0 Å². The number of benzene rings is 2. The number of fused-ring (bicyclic) bond motifs is 1. The van der Waals surface area contributed by atoms with Gasteiger partial charge < -0.3 is 15.0 Å². The summed E-state index contributed by atoms with van der Waals surface area (Å²) < 4.78 is 18.2. The number of hydrogen-bond donors (Lipinski definition) is 2. The first kappa shape index (κ1) is 20.5. The number of carbonyl (C=O) groups is 2. The largest absolute Gasteiger partial charge is 0.497 e. The van der Waals surface area contributed by atoms with Gasteiger partial charge in [-0.3, -0.25) is 14.4 Å². The summed E-state index contributed by atoms with van der Waals surface area (Å²) in [6.45, 7) is 0.142. The van der Waals surface area contributed by atoms with Gasteiger partial charge in [0.2, 0.25) is 0 Å². The molecule has 6 nitrogen and oxygen atoms in total. The van der Waals surface area contributed by atoms with Gasteiger partial charge in [0, 0.05) is 24.2 Å². The molecule has 7 heteroatoms. The molecule has 1 aliphatic rings.